The Morgan fingerprint density at radius 3 is 1.54 bits per heavy atom. The molecule has 3 rings (SSSR count). The summed E-state index contributed by atoms with van der Waals surface area (Å²) >= 11 is 0. The fraction of sp³-hybridized carbons (Fsp3) is 0.259. The zero-order valence-corrected chi connectivity index (χ0v) is 16.8. The number of benzene rings is 3. The molecule has 1 atom stereocenters. The third kappa shape index (κ3) is 4.43. The Morgan fingerprint density at radius 1 is 0.750 bits per heavy atom. The van der Waals surface area contributed by atoms with Gasteiger partial charge in [-0.15, -0.1) is 6.58 Å². The minimum absolute atomic E-state index is 0.0211. The average molecular weight is 371 g/mol. The molecule has 0 N–H and O–H groups in total. The molecule has 0 aliphatic carbocycles. The normalized spacial score (nSPS) is 12.5. The SMILES string of the molecule is C=CC(CCCCC)OC(c1ccccc1)(c1ccccc1)c1ccccc1. The van der Waals surface area contributed by atoms with Crippen LogP contribution in [0.2, 0.25) is 0 Å². The Kier molecular flexibility index (Phi) is 7.22. The van der Waals surface area contributed by atoms with Gasteiger partial charge in [0.2, 0.25) is 0 Å². The quantitative estimate of drug-likeness (QED) is 0.209. The topological polar surface area (TPSA) is 9.23 Å². The summed E-state index contributed by atoms with van der Waals surface area (Å²) in [6, 6.07) is 31.6. The van der Waals surface area contributed by atoms with Crippen LogP contribution in [0.25, 0.3) is 0 Å². The number of ether oxygens (including phenoxy) is 1. The van der Waals surface area contributed by atoms with Crippen molar-refractivity contribution < 1.29 is 4.74 Å². The Bertz CT molecular complexity index is 727. The summed E-state index contributed by atoms with van der Waals surface area (Å²) in [7, 11) is 0. The Morgan fingerprint density at radius 2 is 1.18 bits per heavy atom. The first kappa shape index (κ1) is 20.1. The van der Waals surface area contributed by atoms with E-state index in [9.17, 15) is 0 Å². The summed E-state index contributed by atoms with van der Waals surface area (Å²) < 4.78 is 6.97. The molecule has 3 aromatic rings. The van der Waals surface area contributed by atoms with Gasteiger partial charge in [-0.1, -0.05) is 123 Å². The van der Waals surface area contributed by atoms with Crippen molar-refractivity contribution in [2.75, 3.05) is 0 Å². The summed E-state index contributed by atoms with van der Waals surface area (Å²) in [5.74, 6) is 0. The van der Waals surface area contributed by atoms with Crippen molar-refractivity contribution in [2.45, 2.75) is 44.3 Å². The molecular formula is C27H30O. The van der Waals surface area contributed by atoms with Gasteiger partial charge in [0.15, 0.2) is 0 Å². The number of unbranched alkanes of at least 4 members (excludes halogenated alkanes) is 2. The molecule has 0 aromatic heterocycles. The van der Waals surface area contributed by atoms with Crippen molar-refractivity contribution in [2.24, 2.45) is 0 Å². The highest BCUT2D eigenvalue weighted by molar-refractivity contribution is 5.47. The zero-order chi connectivity index (χ0) is 19.7. The van der Waals surface area contributed by atoms with Crippen molar-refractivity contribution in [1.82, 2.24) is 0 Å². The van der Waals surface area contributed by atoms with Gasteiger partial charge in [0, 0.05) is 0 Å². The second-order valence-electron chi connectivity index (χ2n) is 7.17. The number of rotatable bonds is 10. The van der Waals surface area contributed by atoms with Crippen LogP contribution in [0.3, 0.4) is 0 Å². The van der Waals surface area contributed by atoms with E-state index in [1.165, 1.54) is 12.8 Å². The van der Waals surface area contributed by atoms with Gasteiger partial charge in [-0.25, -0.2) is 0 Å². The van der Waals surface area contributed by atoms with Gasteiger partial charge in [0.05, 0.1) is 6.10 Å². The van der Waals surface area contributed by atoms with Crippen molar-refractivity contribution in [3.05, 3.63) is 120 Å². The van der Waals surface area contributed by atoms with Crippen molar-refractivity contribution in [3.63, 3.8) is 0 Å². The third-order valence-corrected chi connectivity index (χ3v) is 5.22. The first-order valence-electron chi connectivity index (χ1n) is 10.3. The fourth-order valence-electron chi connectivity index (χ4n) is 3.77. The van der Waals surface area contributed by atoms with Gasteiger partial charge in [0.25, 0.3) is 0 Å². The molecule has 0 heterocycles. The molecule has 0 saturated carbocycles. The molecule has 0 radical (unpaired) electrons. The molecule has 144 valence electrons. The predicted octanol–water partition coefficient (Wildman–Crippen LogP) is 7.13. The van der Waals surface area contributed by atoms with Crippen molar-refractivity contribution in [1.29, 1.82) is 0 Å². The molecule has 0 amide bonds. The van der Waals surface area contributed by atoms with Gasteiger partial charge in [-0.2, -0.15) is 0 Å². The molecule has 0 fully saturated rings. The van der Waals surface area contributed by atoms with Crippen LogP contribution in [0.1, 0.15) is 49.3 Å². The first-order valence-corrected chi connectivity index (χ1v) is 10.3. The lowest BCUT2D eigenvalue weighted by molar-refractivity contribution is -0.0284. The maximum absolute atomic E-state index is 6.97. The highest BCUT2D eigenvalue weighted by Crippen LogP contribution is 2.42. The smallest absolute Gasteiger partial charge is 0.144 e. The van der Waals surface area contributed by atoms with E-state index in [2.05, 4.69) is 104 Å². The maximum Gasteiger partial charge on any atom is 0.144 e. The van der Waals surface area contributed by atoms with Gasteiger partial charge >= 0.3 is 0 Å². The van der Waals surface area contributed by atoms with E-state index in [0.29, 0.717) is 0 Å². The van der Waals surface area contributed by atoms with Crippen molar-refractivity contribution in [3.8, 4) is 0 Å². The molecule has 0 aliphatic rings. The van der Waals surface area contributed by atoms with Crippen molar-refractivity contribution >= 4 is 0 Å². The minimum Gasteiger partial charge on any atom is -0.354 e. The van der Waals surface area contributed by atoms with E-state index in [1.807, 2.05) is 6.08 Å². The predicted molar refractivity (Wildman–Crippen MR) is 118 cm³/mol. The molecule has 0 spiro atoms. The molecule has 1 heteroatoms. The van der Waals surface area contributed by atoms with E-state index >= 15 is 0 Å². The van der Waals surface area contributed by atoms with E-state index in [1.54, 1.807) is 0 Å². The molecule has 0 bridgehead atoms. The Hall–Kier alpha value is -2.64. The van der Waals surface area contributed by atoms with E-state index < -0.39 is 5.60 Å². The van der Waals surface area contributed by atoms with Crippen LogP contribution in [-0.4, -0.2) is 6.10 Å². The zero-order valence-electron chi connectivity index (χ0n) is 16.8. The monoisotopic (exact) mass is 370 g/mol. The van der Waals surface area contributed by atoms with Crippen LogP contribution >= 0.6 is 0 Å². The summed E-state index contributed by atoms with van der Waals surface area (Å²) in [4.78, 5) is 0. The second-order valence-corrected chi connectivity index (χ2v) is 7.17. The number of hydrogen-bond donors (Lipinski definition) is 0. The molecule has 0 saturated heterocycles. The Balaban J connectivity index is 2.15. The summed E-state index contributed by atoms with van der Waals surface area (Å²) in [5.41, 5.74) is 2.73. The average Bonchev–Trinajstić information content (AvgIpc) is 2.78. The Labute approximate surface area is 169 Å². The van der Waals surface area contributed by atoms with Gasteiger partial charge in [-0.3, -0.25) is 0 Å². The fourth-order valence-corrected chi connectivity index (χ4v) is 3.77. The summed E-state index contributed by atoms with van der Waals surface area (Å²) in [5, 5.41) is 0. The summed E-state index contributed by atoms with van der Waals surface area (Å²) in [6.07, 6.45) is 6.47. The van der Waals surface area contributed by atoms with Crippen LogP contribution in [0.5, 0.6) is 0 Å². The van der Waals surface area contributed by atoms with E-state index in [0.717, 1.165) is 29.5 Å². The largest absolute Gasteiger partial charge is 0.354 e. The highest BCUT2D eigenvalue weighted by atomic mass is 16.5. The molecular weight excluding hydrogens is 340 g/mol. The second kappa shape index (κ2) is 10.1. The maximum atomic E-state index is 6.97. The summed E-state index contributed by atoms with van der Waals surface area (Å²) in [6.45, 7) is 6.31. The van der Waals surface area contributed by atoms with Gasteiger partial charge in [-0.05, 0) is 23.1 Å². The molecule has 1 nitrogen and oxygen atoms in total. The van der Waals surface area contributed by atoms with Gasteiger partial charge in [0.1, 0.15) is 5.60 Å². The lowest BCUT2D eigenvalue weighted by Gasteiger charge is -2.38. The molecule has 0 aliphatic heterocycles. The molecule has 1 unspecified atom stereocenters. The first-order chi connectivity index (χ1) is 13.8. The molecule has 28 heavy (non-hydrogen) atoms. The van der Waals surface area contributed by atoms with Crippen LogP contribution in [0, 0.1) is 0 Å². The van der Waals surface area contributed by atoms with Gasteiger partial charge < -0.3 is 4.74 Å². The van der Waals surface area contributed by atoms with Crippen LogP contribution in [0.15, 0.2) is 104 Å². The van der Waals surface area contributed by atoms with E-state index in [4.69, 9.17) is 4.74 Å². The third-order valence-electron chi connectivity index (χ3n) is 5.22. The minimum atomic E-state index is -0.672. The van der Waals surface area contributed by atoms with E-state index in [-0.39, 0.29) is 6.10 Å². The van der Waals surface area contributed by atoms with Crippen LogP contribution in [0.4, 0.5) is 0 Å². The van der Waals surface area contributed by atoms with Crippen LogP contribution < -0.4 is 0 Å². The highest BCUT2D eigenvalue weighted by Gasteiger charge is 2.39. The lowest BCUT2D eigenvalue weighted by atomic mass is 9.79. The number of hydrogen-bond acceptors (Lipinski definition) is 1. The standard InChI is InChI=1S/C27H30O/c1-3-5-9-22-26(4-2)28-27(23-16-10-6-11-17-23,24-18-12-7-13-19-24)25-20-14-8-15-21-25/h4,6-8,10-21,26H,2-3,5,9,22H2,1H3. The van der Waals surface area contributed by atoms with Crippen LogP contribution in [-0.2, 0) is 10.3 Å². The lowest BCUT2D eigenvalue weighted by Crippen LogP contribution is -2.36. The molecule has 3 aromatic carbocycles.